The summed E-state index contributed by atoms with van der Waals surface area (Å²) in [6.07, 6.45) is 2.94. The van der Waals surface area contributed by atoms with E-state index >= 15 is 0 Å². The molecule has 1 amide bonds. The van der Waals surface area contributed by atoms with Crippen LogP contribution in [-0.4, -0.2) is 40.9 Å². The van der Waals surface area contributed by atoms with Crippen molar-refractivity contribution in [3.63, 3.8) is 0 Å². The molecule has 0 saturated carbocycles. The zero-order chi connectivity index (χ0) is 21.2. The van der Waals surface area contributed by atoms with Crippen LogP contribution in [0.3, 0.4) is 0 Å². The van der Waals surface area contributed by atoms with Crippen molar-refractivity contribution in [2.75, 3.05) is 25.5 Å². The van der Waals surface area contributed by atoms with Gasteiger partial charge in [-0.1, -0.05) is 48.5 Å². The molecule has 158 valence electrons. The van der Waals surface area contributed by atoms with Crippen LogP contribution in [0.1, 0.15) is 46.3 Å². The van der Waals surface area contributed by atoms with Gasteiger partial charge >= 0.3 is 0 Å². The first-order valence-corrected chi connectivity index (χ1v) is 11.0. The van der Waals surface area contributed by atoms with Crippen molar-refractivity contribution < 1.29 is 4.79 Å². The first-order chi connectivity index (χ1) is 15.2. The highest BCUT2D eigenvalue weighted by atomic mass is 16.2. The standard InChI is InChI=1S/C25H27N5O/c1-26-23-20-13-15-30(16-22(20)28-24(29-23)21-12-7-14-27-21)25(31)19-11-6-5-10-18(19)17-8-3-2-4-9-17/h2-6,8-11,21,27H,7,12-16H2,1H3,(H,26,28,29)/t21-/m0/s1. The first-order valence-electron chi connectivity index (χ1n) is 11.0. The van der Waals surface area contributed by atoms with Crippen LogP contribution < -0.4 is 10.6 Å². The molecule has 1 saturated heterocycles. The largest absolute Gasteiger partial charge is 0.373 e. The number of nitrogens with one attached hydrogen (secondary N) is 2. The molecule has 2 N–H and O–H groups in total. The molecular weight excluding hydrogens is 386 g/mol. The molecule has 1 fully saturated rings. The molecule has 0 unspecified atom stereocenters. The Morgan fingerprint density at radius 1 is 1.10 bits per heavy atom. The third kappa shape index (κ3) is 3.79. The summed E-state index contributed by atoms with van der Waals surface area (Å²) < 4.78 is 0. The van der Waals surface area contributed by atoms with E-state index in [0.29, 0.717) is 13.1 Å². The fourth-order valence-electron chi connectivity index (χ4n) is 4.60. The number of rotatable bonds is 4. The van der Waals surface area contributed by atoms with Crippen LogP contribution in [0, 0.1) is 0 Å². The zero-order valence-corrected chi connectivity index (χ0v) is 17.8. The number of fused-ring (bicyclic) bond motifs is 1. The molecular formula is C25H27N5O. The Labute approximate surface area is 182 Å². The van der Waals surface area contributed by atoms with Crippen molar-refractivity contribution in [3.05, 3.63) is 77.2 Å². The Kier molecular flexibility index (Phi) is 5.38. The van der Waals surface area contributed by atoms with Gasteiger partial charge in [0.05, 0.1) is 18.3 Å². The Morgan fingerprint density at radius 2 is 1.90 bits per heavy atom. The minimum Gasteiger partial charge on any atom is -0.373 e. The summed E-state index contributed by atoms with van der Waals surface area (Å²) >= 11 is 0. The van der Waals surface area contributed by atoms with Crippen LogP contribution in [-0.2, 0) is 13.0 Å². The van der Waals surface area contributed by atoms with Crippen molar-refractivity contribution >= 4 is 11.7 Å². The predicted octanol–water partition coefficient (Wildman–Crippen LogP) is 3.81. The second kappa shape index (κ2) is 8.47. The molecule has 1 atom stereocenters. The van der Waals surface area contributed by atoms with Crippen molar-refractivity contribution in [2.24, 2.45) is 0 Å². The molecule has 0 spiro atoms. The van der Waals surface area contributed by atoms with E-state index in [0.717, 1.165) is 65.4 Å². The summed E-state index contributed by atoms with van der Waals surface area (Å²) in [6, 6.07) is 18.1. The molecule has 3 aromatic rings. The molecule has 1 aromatic heterocycles. The Hall–Kier alpha value is -3.25. The zero-order valence-electron chi connectivity index (χ0n) is 17.8. The summed E-state index contributed by atoms with van der Waals surface area (Å²) in [7, 11) is 1.90. The Morgan fingerprint density at radius 3 is 2.68 bits per heavy atom. The summed E-state index contributed by atoms with van der Waals surface area (Å²) in [5, 5.41) is 6.73. The lowest BCUT2D eigenvalue weighted by Gasteiger charge is -2.30. The van der Waals surface area contributed by atoms with Gasteiger partial charge < -0.3 is 15.5 Å². The SMILES string of the molecule is CNc1nc([C@@H]2CCCN2)nc2c1CCN(C(=O)c1ccccc1-c1ccccc1)C2. The number of amides is 1. The summed E-state index contributed by atoms with van der Waals surface area (Å²) in [4.78, 5) is 25.2. The molecule has 31 heavy (non-hydrogen) atoms. The van der Waals surface area contributed by atoms with Crippen molar-refractivity contribution in [3.8, 4) is 11.1 Å². The Bertz CT molecular complexity index is 1090. The second-order valence-corrected chi connectivity index (χ2v) is 8.14. The highest BCUT2D eigenvalue weighted by Crippen LogP contribution is 2.30. The average Bonchev–Trinajstić information content (AvgIpc) is 3.38. The third-order valence-electron chi connectivity index (χ3n) is 6.22. The molecule has 6 nitrogen and oxygen atoms in total. The van der Waals surface area contributed by atoms with Crippen LogP contribution in [0.4, 0.5) is 5.82 Å². The van der Waals surface area contributed by atoms with Gasteiger partial charge in [-0.25, -0.2) is 9.97 Å². The van der Waals surface area contributed by atoms with Crippen LogP contribution in [0.2, 0.25) is 0 Å². The van der Waals surface area contributed by atoms with E-state index in [9.17, 15) is 4.79 Å². The Balaban J connectivity index is 1.46. The van der Waals surface area contributed by atoms with E-state index in [1.807, 2.05) is 66.5 Å². The summed E-state index contributed by atoms with van der Waals surface area (Å²) in [6.45, 7) is 2.17. The van der Waals surface area contributed by atoms with E-state index in [4.69, 9.17) is 9.97 Å². The van der Waals surface area contributed by atoms with Crippen molar-refractivity contribution in [2.45, 2.75) is 31.8 Å². The van der Waals surface area contributed by atoms with Gasteiger partial charge in [0.1, 0.15) is 11.6 Å². The van der Waals surface area contributed by atoms with Gasteiger partial charge in [0.25, 0.3) is 5.91 Å². The third-order valence-corrected chi connectivity index (χ3v) is 6.22. The highest BCUT2D eigenvalue weighted by Gasteiger charge is 2.29. The molecule has 0 radical (unpaired) electrons. The van der Waals surface area contributed by atoms with Gasteiger partial charge in [-0.15, -0.1) is 0 Å². The lowest BCUT2D eigenvalue weighted by Crippen LogP contribution is -2.37. The van der Waals surface area contributed by atoms with E-state index in [2.05, 4.69) is 10.6 Å². The smallest absolute Gasteiger partial charge is 0.254 e. The van der Waals surface area contributed by atoms with Gasteiger partial charge in [-0.3, -0.25) is 4.79 Å². The molecule has 5 rings (SSSR count). The fraction of sp³-hybridized carbons (Fsp3) is 0.320. The lowest BCUT2D eigenvalue weighted by atomic mass is 9.97. The van der Waals surface area contributed by atoms with E-state index < -0.39 is 0 Å². The number of carbonyl (C=O) groups excluding carboxylic acids is 1. The van der Waals surface area contributed by atoms with E-state index in [-0.39, 0.29) is 11.9 Å². The van der Waals surface area contributed by atoms with Gasteiger partial charge in [0, 0.05) is 24.7 Å². The highest BCUT2D eigenvalue weighted by molar-refractivity contribution is 6.01. The van der Waals surface area contributed by atoms with Crippen molar-refractivity contribution in [1.29, 1.82) is 0 Å². The van der Waals surface area contributed by atoms with E-state index in [1.165, 1.54) is 0 Å². The maximum absolute atomic E-state index is 13.6. The average molecular weight is 414 g/mol. The number of hydrogen-bond acceptors (Lipinski definition) is 5. The minimum absolute atomic E-state index is 0.0512. The number of aromatic nitrogens is 2. The van der Waals surface area contributed by atoms with Crippen molar-refractivity contribution in [1.82, 2.24) is 20.2 Å². The molecule has 3 heterocycles. The topological polar surface area (TPSA) is 70.2 Å². The van der Waals surface area contributed by atoms with Crippen LogP contribution in [0.15, 0.2) is 54.6 Å². The quantitative estimate of drug-likeness (QED) is 0.681. The number of carbonyl (C=O) groups is 1. The fourth-order valence-corrected chi connectivity index (χ4v) is 4.60. The molecule has 0 bridgehead atoms. The second-order valence-electron chi connectivity index (χ2n) is 8.14. The van der Waals surface area contributed by atoms with Gasteiger partial charge in [-0.05, 0) is 43.0 Å². The first kappa shape index (κ1) is 19.7. The minimum atomic E-state index is 0.0512. The molecule has 6 heteroatoms. The van der Waals surface area contributed by atoms with Gasteiger partial charge in [-0.2, -0.15) is 0 Å². The molecule has 0 aliphatic carbocycles. The monoisotopic (exact) mass is 413 g/mol. The predicted molar refractivity (Wildman–Crippen MR) is 122 cm³/mol. The van der Waals surface area contributed by atoms with Crippen LogP contribution in [0.25, 0.3) is 11.1 Å². The molecule has 2 aromatic carbocycles. The summed E-state index contributed by atoms with van der Waals surface area (Å²) in [5.74, 6) is 1.78. The molecule has 2 aliphatic heterocycles. The maximum atomic E-state index is 13.6. The van der Waals surface area contributed by atoms with Crippen LogP contribution >= 0.6 is 0 Å². The number of nitrogens with zero attached hydrogens (tertiary/aromatic N) is 3. The normalized spacial score (nSPS) is 18.0. The lowest BCUT2D eigenvalue weighted by molar-refractivity contribution is 0.0732. The number of anilines is 1. The van der Waals surface area contributed by atoms with E-state index in [1.54, 1.807) is 0 Å². The number of hydrogen-bond donors (Lipinski definition) is 2. The summed E-state index contributed by atoms with van der Waals surface area (Å²) in [5.41, 5.74) is 4.84. The number of benzene rings is 2. The maximum Gasteiger partial charge on any atom is 0.254 e. The van der Waals surface area contributed by atoms with Gasteiger partial charge in [0.15, 0.2) is 0 Å². The van der Waals surface area contributed by atoms with Crippen LogP contribution in [0.5, 0.6) is 0 Å². The van der Waals surface area contributed by atoms with Gasteiger partial charge in [0.2, 0.25) is 0 Å². The molecule has 2 aliphatic rings.